The van der Waals surface area contributed by atoms with E-state index in [1.807, 2.05) is 29.5 Å². The molecule has 7 aromatic carbocycles. The molecule has 0 unspecified atom stereocenters. The molecule has 0 fully saturated rings. The Bertz CT molecular complexity index is 3740. The van der Waals surface area contributed by atoms with Crippen LogP contribution in [0.1, 0.15) is 96.4 Å². The molecule has 0 aliphatic heterocycles. The summed E-state index contributed by atoms with van der Waals surface area (Å²) in [5.41, 5.74) is 16.4. The third-order valence-electron chi connectivity index (χ3n) is 13.8. The Morgan fingerprint density at radius 1 is 0.685 bits per heavy atom. The van der Waals surface area contributed by atoms with Crippen LogP contribution in [0.4, 0.5) is 0 Å². The predicted molar refractivity (Wildman–Crippen MR) is 312 cm³/mol. The van der Waals surface area contributed by atoms with Crippen LogP contribution in [0, 0.1) is 23.5 Å². The molecule has 0 aliphatic rings. The van der Waals surface area contributed by atoms with Crippen LogP contribution in [0.2, 0.25) is 17.3 Å². The number of hydrogen-bond donors (Lipinski definition) is 0. The Labute approximate surface area is 453 Å². The summed E-state index contributed by atoms with van der Waals surface area (Å²) in [5.74, 6) is 9.52. The van der Waals surface area contributed by atoms with E-state index in [0.29, 0.717) is 17.8 Å². The van der Waals surface area contributed by atoms with Crippen molar-refractivity contribution in [2.45, 2.75) is 104 Å². The fraction of sp³-hybridized carbons (Fsp3) is 0.273. The number of furan rings is 1. The van der Waals surface area contributed by atoms with Gasteiger partial charge in [-0.1, -0.05) is 108 Å². The van der Waals surface area contributed by atoms with Gasteiger partial charge < -0.3 is 4.57 Å². The maximum atomic E-state index is 6.20. The zero-order chi connectivity index (χ0) is 50.6. The Hall–Kier alpha value is -5.63. The van der Waals surface area contributed by atoms with Gasteiger partial charge in [-0.25, -0.2) is 0 Å². The van der Waals surface area contributed by atoms with E-state index >= 15 is 0 Å². The first kappa shape index (κ1) is 52.2. The second-order valence-electron chi connectivity index (χ2n) is 23.0. The van der Waals surface area contributed by atoms with E-state index in [2.05, 4.69) is 224 Å². The standard InChI is InChI=1S/C42H41N2S.C24H26GeNO.Ir/c1-26(2)32-23-31(29-13-9-8-10-14-29)24-33(27(3)4)40(32)44-37-16-12-11-15-36(37)43-41(44)30-18-20-39-35(22-30)34-21-28(25-42(5,6)7)17-19-38(34)45-39;1-16(2)13-17-14-22(26-15-21(17)25(3,4)5)20-11-8-10-19-18-9-6-7-12-23(18)27-24(19)20;/h8-17,19-24,26-27H,25H2,1-7H3;6-10,12,14-16H,13H2,1-5H3;/q2*-1;. The van der Waals surface area contributed by atoms with Gasteiger partial charge in [-0.2, -0.15) is 11.3 Å². The Morgan fingerprint density at radius 3 is 2.07 bits per heavy atom. The molecule has 11 rings (SSSR count). The molecule has 373 valence electrons. The largest absolute Gasteiger partial charge is 0.333 e. The van der Waals surface area contributed by atoms with Crippen LogP contribution in [-0.4, -0.2) is 27.8 Å². The molecular weight excluding hydrogens is 1150 g/mol. The SMILES string of the molecule is CC(C)Cc1cc(-c2[c-]ccc3c2oc2ccccc23)nc[c]1[Ge]([CH3])([CH3])[CH3].CC(C)c1cc(-c2ccccc2)cc(C(C)C)c1-n1c(-c2[c-]cc3sc4ccc(CC(C)(C)C)cc4c3c2)nc2ccccc21.[Ir]. The molecule has 1 radical (unpaired) electrons. The van der Waals surface area contributed by atoms with Crippen LogP contribution in [0.15, 0.2) is 150 Å². The smallest absolute Gasteiger partial charge is 0.0774 e. The van der Waals surface area contributed by atoms with E-state index in [1.54, 1.807) is 0 Å². The molecular formula is C66H67GeIrN3OS-2. The van der Waals surface area contributed by atoms with E-state index in [0.717, 1.165) is 68.5 Å². The first-order valence-corrected chi connectivity index (χ1v) is 34.0. The van der Waals surface area contributed by atoms with E-state index in [1.165, 1.54) is 63.6 Å². The number of pyridine rings is 1. The van der Waals surface area contributed by atoms with Gasteiger partial charge in [0.15, 0.2) is 0 Å². The van der Waals surface area contributed by atoms with Crippen LogP contribution < -0.4 is 4.40 Å². The van der Waals surface area contributed by atoms with Gasteiger partial charge in [-0.15, -0.1) is 23.8 Å². The molecule has 4 aromatic heterocycles. The summed E-state index contributed by atoms with van der Waals surface area (Å²) >= 11 is -0.125. The third-order valence-corrected chi connectivity index (χ3v) is 19.2. The molecule has 0 bridgehead atoms. The van der Waals surface area contributed by atoms with Crippen LogP contribution in [-0.2, 0) is 32.9 Å². The summed E-state index contributed by atoms with van der Waals surface area (Å²) in [6.07, 6.45) is 4.27. The number of thiophene rings is 1. The molecule has 73 heavy (non-hydrogen) atoms. The van der Waals surface area contributed by atoms with Gasteiger partial charge in [-0.05, 0) is 91.9 Å². The third kappa shape index (κ3) is 10.7. The second-order valence-corrected chi connectivity index (χ2v) is 34.7. The second kappa shape index (κ2) is 20.9. The minimum atomic E-state index is -1.98. The van der Waals surface area contributed by atoms with Crippen molar-refractivity contribution in [3.8, 4) is 39.5 Å². The van der Waals surface area contributed by atoms with E-state index in [-0.39, 0.29) is 25.5 Å². The van der Waals surface area contributed by atoms with Gasteiger partial charge in [0, 0.05) is 30.5 Å². The number of benzene rings is 7. The van der Waals surface area contributed by atoms with Gasteiger partial charge in [0.05, 0.1) is 16.9 Å². The van der Waals surface area contributed by atoms with Crippen molar-refractivity contribution in [2.75, 3.05) is 0 Å². The number of fused-ring (bicyclic) bond motifs is 7. The van der Waals surface area contributed by atoms with E-state index < -0.39 is 13.3 Å². The summed E-state index contributed by atoms with van der Waals surface area (Å²) < 4.78 is 12.7. The Balaban J connectivity index is 0.000000200. The molecule has 0 N–H and O–H groups in total. The fourth-order valence-corrected chi connectivity index (χ4v) is 14.9. The maximum Gasteiger partial charge on any atom is 0.0774 e. The van der Waals surface area contributed by atoms with Crippen molar-refractivity contribution in [1.82, 2.24) is 14.5 Å². The van der Waals surface area contributed by atoms with Gasteiger partial charge >= 0.3 is 164 Å². The average molecular weight is 1220 g/mol. The summed E-state index contributed by atoms with van der Waals surface area (Å²) in [6, 6.07) is 57.2. The van der Waals surface area contributed by atoms with E-state index in [9.17, 15) is 0 Å². The van der Waals surface area contributed by atoms with Crippen molar-refractivity contribution in [1.29, 1.82) is 0 Å². The summed E-state index contributed by atoms with van der Waals surface area (Å²) in [4.78, 5) is 10.2. The van der Waals surface area contributed by atoms with Gasteiger partial charge in [0.25, 0.3) is 0 Å². The molecule has 0 amide bonds. The van der Waals surface area contributed by atoms with Crippen molar-refractivity contribution >= 4 is 82.1 Å². The molecule has 4 heterocycles. The van der Waals surface area contributed by atoms with Crippen molar-refractivity contribution in [2.24, 2.45) is 11.3 Å². The average Bonchev–Trinajstić information content (AvgIpc) is 4.04. The number of aromatic nitrogens is 3. The number of imidazole rings is 1. The zero-order valence-electron chi connectivity index (χ0n) is 44.5. The number of nitrogens with zero attached hydrogens (tertiary/aromatic N) is 3. The van der Waals surface area contributed by atoms with Gasteiger partial charge in [-0.3, -0.25) is 4.98 Å². The molecule has 4 nitrogen and oxygen atoms in total. The molecule has 0 atom stereocenters. The van der Waals surface area contributed by atoms with Gasteiger partial charge in [0.2, 0.25) is 0 Å². The van der Waals surface area contributed by atoms with Crippen LogP contribution in [0.25, 0.3) is 92.6 Å². The number of hydrogen-bond acceptors (Lipinski definition) is 4. The maximum absolute atomic E-state index is 6.20. The molecule has 0 spiro atoms. The minimum absolute atomic E-state index is 0. The molecule has 11 aromatic rings. The summed E-state index contributed by atoms with van der Waals surface area (Å²) in [6.45, 7) is 20.7. The zero-order valence-corrected chi connectivity index (χ0v) is 49.8. The number of rotatable bonds is 10. The van der Waals surface area contributed by atoms with Gasteiger partial charge in [0.1, 0.15) is 0 Å². The molecule has 7 heteroatoms. The molecule has 0 saturated heterocycles. The molecule has 0 saturated carbocycles. The monoisotopic (exact) mass is 1220 g/mol. The van der Waals surface area contributed by atoms with Crippen LogP contribution >= 0.6 is 11.3 Å². The van der Waals surface area contributed by atoms with E-state index in [4.69, 9.17) is 14.4 Å². The first-order valence-electron chi connectivity index (χ1n) is 25.8. The minimum Gasteiger partial charge on any atom is -0.333 e. The number of para-hydroxylation sites is 3. The van der Waals surface area contributed by atoms with Crippen molar-refractivity contribution in [3.63, 3.8) is 0 Å². The Kier molecular flexibility index (Phi) is 15.0. The first-order chi connectivity index (χ1) is 34.4. The Morgan fingerprint density at radius 2 is 1.37 bits per heavy atom. The topological polar surface area (TPSA) is 43.9 Å². The predicted octanol–water partition coefficient (Wildman–Crippen LogP) is 18.6. The fourth-order valence-electron chi connectivity index (χ4n) is 10.5. The summed E-state index contributed by atoms with van der Waals surface area (Å²) in [7, 11) is 0. The quantitative estimate of drug-likeness (QED) is 0.101. The molecule has 0 aliphatic carbocycles. The normalized spacial score (nSPS) is 12.2. The van der Waals surface area contributed by atoms with Crippen LogP contribution in [0.3, 0.4) is 0 Å². The van der Waals surface area contributed by atoms with Crippen LogP contribution in [0.5, 0.6) is 0 Å². The summed E-state index contributed by atoms with van der Waals surface area (Å²) in [5, 5.41) is 4.88. The van der Waals surface area contributed by atoms with Crippen molar-refractivity contribution in [3.05, 3.63) is 180 Å². The van der Waals surface area contributed by atoms with Crippen molar-refractivity contribution < 1.29 is 24.5 Å².